The molecule has 0 amide bonds. The highest BCUT2D eigenvalue weighted by molar-refractivity contribution is 6.20. The first-order valence-corrected chi connectivity index (χ1v) is 7.34. The van der Waals surface area contributed by atoms with Crippen molar-refractivity contribution in [1.29, 1.82) is 0 Å². The molecule has 1 aromatic carbocycles. The minimum Gasteiger partial charge on any atom is -0.497 e. The summed E-state index contributed by atoms with van der Waals surface area (Å²) in [6.07, 6.45) is 4.83. The van der Waals surface area contributed by atoms with E-state index in [4.69, 9.17) is 14.6 Å². The van der Waals surface area contributed by atoms with Crippen molar-refractivity contribution in [3.8, 4) is 5.75 Å². The number of aromatic nitrogens is 1. The second-order valence-electron chi connectivity index (χ2n) is 4.82. The van der Waals surface area contributed by atoms with Crippen LogP contribution in [-0.4, -0.2) is 36.4 Å². The third-order valence-corrected chi connectivity index (χ3v) is 3.39. The molecular formula is C17H21NO4. The normalized spacial score (nSPS) is 11.7. The largest absolute Gasteiger partial charge is 0.497 e. The van der Waals surface area contributed by atoms with Gasteiger partial charge in [0.15, 0.2) is 0 Å². The van der Waals surface area contributed by atoms with E-state index in [0.717, 1.165) is 22.2 Å². The molecule has 2 rings (SSSR count). The van der Waals surface area contributed by atoms with Gasteiger partial charge < -0.3 is 19.6 Å². The molecule has 0 aliphatic carbocycles. The maximum atomic E-state index is 12.2. The number of hydrogen-bond donors (Lipinski definition) is 2. The van der Waals surface area contributed by atoms with Gasteiger partial charge in [-0.2, -0.15) is 0 Å². The summed E-state index contributed by atoms with van der Waals surface area (Å²) in [4.78, 5) is 15.4. The molecule has 0 atom stereocenters. The number of aliphatic hydroxyl groups excluding tert-OH is 1. The smallest absolute Gasteiger partial charge is 0.338 e. The molecule has 2 N–H and O–H groups in total. The Balaban J connectivity index is 2.46. The Morgan fingerprint density at radius 2 is 2.23 bits per heavy atom. The van der Waals surface area contributed by atoms with Crippen LogP contribution >= 0.6 is 0 Å². The lowest BCUT2D eigenvalue weighted by molar-refractivity contribution is -0.136. The minimum atomic E-state index is -0.357. The highest BCUT2D eigenvalue weighted by Crippen LogP contribution is 2.29. The molecule has 0 unspecified atom stereocenters. The molecule has 0 aliphatic rings. The van der Waals surface area contributed by atoms with Crippen LogP contribution in [0, 0.1) is 0 Å². The molecule has 1 aromatic heterocycles. The van der Waals surface area contributed by atoms with Gasteiger partial charge in [-0.25, -0.2) is 4.79 Å². The van der Waals surface area contributed by atoms with Gasteiger partial charge in [-0.05, 0) is 38.0 Å². The zero-order chi connectivity index (χ0) is 15.9. The quantitative estimate of drug-likeness (QED) is 0.469. The van der Waals surface area contributed by atoms with Gasteiger partial charge in [0.25, 0.3) is 0 Å². The summed E-state index contributed by atoms with van der Waals surface area (Å²) < 4.78 is 10.4. The van der Waals surface area contributed by atoms with Crippen molar-refractivity contribution < 1.29 is 19.4 Å². The first-order valence-electron chi connectivity index (χ1n) is 7.34. The van der Waals surface area contributed by atoms with E-state index in [1.807, 2.05) is 24.3 Å². The number of carbonyl (C=O) groups is 1. The number of nitrogens with one attached hydrogen (secondary N) is 1. The molecular weight excluding hydrogens is 282 g/mol. The van der Waals surface area contributed by atoms with Crippen molar-refractivity contribution in [3.63, 3.8) is 0 Å². The number of H-pyrrole nitrogens is 1. The van der Waals surface area contributed by atoms with E-state index in [1.54, 1.807) is 20.2 Å². The molecule has 0 saturated heterocycles. The molecule has 0 spiro atoms. The second kappa shape index (κ2) is 7.66. The van der Waals surface area contributed by atoms with Crippen LogP contribution in [0.15, 0.2) is 30.5 Å². The number of benzene rings is 1. The number of fused-ring (bicyclic) bond motifs is 1. The lowest BCUT2D eigenvalue weighted by Gasteiger charge is -2.07. The Bertz CT molecular complexity index is 672. The Labute approximate surface area is 129 Å². The Hall–Kier alpha value is -2.27. The summed E-state index contributed by atoms with van der Waals surface area (Å²) in [6.45, 7) is 2.19. The van der Waals surface area contributed by atoms with Gasteiger partial charge in [-0.15, -0.1) is 0 Å². The molecule has 0 aliphatic heterocycles. The number of rotatable bonds is 7. The van der Waals surface area contributed by atoms with Crippen LogP contribution in [0.5, 0.6) is 5.75 Å². The van der Waals surface area contributed by atoms with Crippen molar-refractivity contribution in [1.82, 2.24) is 4.98 Å². The lowest BCUT2D eigenvalue weighted by Crippen LogP contribution is -2.07. The number of aromatic amines is 1. The number of esters is 1. The van der Waals surface area contributed by atoms with Gasteiger partial charge in [0, 0.05) is 29.3 Å². The van der Waals surface area contributed by atoms with Crippen LogP contribution in [-0.2, 0) is 9.53 Å². The molecule has 0 bridgehead atoms. The topological polar surface area (TPSA) is 71.5 Å². The van der Waals surface area contributed by atoms with Gasteiger partial charge >= 0.3 is 5.97 Å². The predicted octanol–water partition coefficient (Wildman–Crippen LogP) is 2.90. The van der Waals surface area contributed by atoms with Crippen LogP contribution in [0.3, 0.4) is 0 Å². The summed E-state index contributed by atoms with van der Waals surface area (Å²) in [7, 11) is 1.61. The lowest BCUT2D eigenvalue weighted by atomic mass is 10.0. The maximum absolute atomic E-state index is 12.2. The van der Waals surface area contributed by atoms with Crippen LogP contribution in [0.25, 0.3) is 16.5 Å². The van der Waals surface area contributed by atoms with Gasteiger partial charge in [-0.3, -0.25) is 0 Å². The van der Waals surface area contributed by atoms with Gasteiger partial charge in [-0.1, -0.05) is 6.08 Å². The second-order valence-corrected chi connectivity index (χ2v) is 4.82. The first-order chi connectivity index (χ1) is 10.7. The third kappa shape index (κ3) is 3.49. The standard InChI is InChI=1S/C17H21NO4/c1-3-22-17(20)13(6-4-5-9-19)15-11-18-16-8-7-12(21-2)10-14(15)16/h6-8,10-11,18-19H,3-5,9H2,1-2H3/b13-6+. The van der Waals surface area contributed by atoms with Gasteiger partial charge in [0.1, 0.15) is 5.75 Å². The van der Waals surface area contributed by atoms with E-state index in [9.17, 15) is 4.79 Å². The van der Waals surface area contributed by atoms with Crippen molar-refractivity contribution in [2.45, 2.75) is 19.8 Å². The van der Waals surface area contributed by atoms with E-state index in [-0.39, 0.29) is 12.6 Å². The fraction of sp³-hybridized carbons (Fsp3) is 0.353. The minimum absolute atomic E-state index is 0.0916. The zero-order valence-electron chi connectivity index (χ0n) is 12.9. The van der Waals surface area contributed by atoms with Crippen LogP contribution in [0.1, 0.15) is 25.3 Å². The van der Waals surface area contributed by atoms with Crippen molar-refractivity contribution in [2.75, 3.05) is 20.3 Å². The summed E-state index contributed by atoms with van der Waals surface area (Å²) in [5, 5.41) is 9.83. The van der Waals surface area contributed by atoms with Crippen molar-refractivity contribution in [3.05, 3.63) is 36.0 Å². The molecule has 0 fully saturated rings. The number of ether oxygens (including phenoxy) is 2. The van der Waals surface area contributed by atoms with E-state index in [1.165, 1.54) is 0 Å². The first kappa shape index (κ1) is 16.1. The highest BCUT2D eigenvalue weighted by atomic mass is 16.5. The van der Waals surface area contributed by atoms with Gasteiger partial charge in [0.2, 0.25) is 0 Å². The van der Waals surface area contributed by atoms with Crippen molar-refractivity contribution >= 4 is 22.4 Å². The van der Waals surface area contributed by atoms with Crippen molar-refractivity contribution in [2.24, 2.45) is 0 Å². The monoisotopic (exact) mass is 303 g/mol. The number of allylic oxidation sites excluding steroid dienone is 1. The Kier molecular flexibility index (Phi) is 5.61. The number of aliphatic hydroxyl groups is 1. The Morgan fingerprint density at radius 1 is 1.41 bits per heavy atom. The molecule has 5 heteroatoms. The van der Waals surface area contributed by atoms with E-state index in [0.29, 0.717) is 25.0 Å². The number of carbonyl (C=O) groups excluding carboxylic acids is 1. The fourth-order valence-corrected chi connectivity index (χ4v) is 2.30. The van der Waals surface area contributed by atoms with Crippen LogP contribution in [0.4, 0.5) is 0 Å². The summed E-state index contributed by atoms with van der Waals surface area (Å²) in [5.41, 5.74) is 2.22. The SMILES string of the molecule is CCOC(=O)/C(=C/CCCO)c1c[nH]c2ccc(OC)cc12. The molecule has 2 aromatic rings. The number of methoxy groups -OCH3 is 1. The molecule has 0 saturated carbocycles. The molecule has 118 valence electrons. The predicted molar refractivity (Wildman–Crippen MR) is 85.8 cm³/mol. The number of hydrogen-bond acceptors (Lipinski definition) is 4. The molecule has 22 heavy (non-hydrogen) atoms. The van der Waals surface area contributed by atoms with E-state index >= 15 is 0 Å². The van der Waals surface area contributed by atoms with Gasteiger partial charge in [0.05, 0.1) is 19.3 Å². The van der Waals surface area contributed by atoms with Crippen LogP contribution in [0.2, 0.25) is 0 Å². The summed E-state index contributed by atoms with van der Waals surface area (Å²) >= 11 is 0. The fourth-order valence-electron chi connectivity index (χ4n) is 2.30. The molecule has 1 heterocycles. The molecule has 5 nitrogen and oxygen atoms in total. The maximum Gasteiger partial charge on any atom is 0.338 e. The third-order valence-electron chi connectivity index (χ3n) is 3.39. The zero-order valence-corrected chi connectivity index (χ0v) is 12.9. The average Bonchev–Trinajstić information content (AvgIpc) is 2.94. The summed E-state index contributed by atoms with van der Waals surface area (Å²) in [6, 6.07) is 5.66. The van der Waals surface area contributed by atoms with Crippen LogP contribution < -0.4 is 4.74 Å². The van der Waals surface area contributed by atoms with E-state index < -0.39 is 0 Å². The van der Waals surface area contributed by atoms with E-state index in [2.05, 4.69) is 4.98 Å². The highest BCUT2D eigenvalue weighted by Gasteiger charge is 2.17. The average molecular weight is 303 g/mol. The Morgan fingerprint density at radius 3 is 2.91 bits per heavy atom. The summed E-state index contributed by atoms with van der Waals surface area (Å²) in [5.74, 6) is 0.371. The number of unbranched alkanes of at least 4 members (excludes halogenated alkanes) is 1. The molecule has 0 radical (unpaired) electrons.